The number of carbonyl (C=O) groups excluding carboxylic acids is 1. The molecule has 0 radical (unpaired) electrons. The van der Waals surface area contributed by atoms with Crippen molar-refractivity contribution in [3.8, 4) is 0 Å². The van der Waals surface area contributed by atoms with Gasteiger partial charge in [0.2, 0.25) is 0 Å². The summed E-state index contributed by atoms with van der Waals surface area (Å²) < 4.78 is 4.72. The molecule has 0 aromatic carbocycles. The number of aliphatic hydroxyl groups excluding tert-OH is 2. The van der Waals surface area contributed by atoms with Crippen molar-refractivity contribution in [2.24, 2.45) is 0 Å². The Morgan fingerprint density at radius 2 is 1.41 bits per heavy atom. The van der Waals surface area contributed by atoms with Crippen molar-refractivity contribution in [2.75, 3.05) is 13.2 Å². The topological polar surface area (TPSA) is 66.8 Å². The highest BCUT2D eigenvalue weighted by Gasteiger charge is 2.03. The number of ether oxygens (including phenoxy) is 1. The maximum Gasteiger partial charge on any atom is 0.330 e. The minimum Gasteiger partial charge on any atom is -0.460 e. The molecule has 27 heavy (non-hydrogen) atoms. The van der Waals surface area contributed by atoms with Gasteiger partial charge in [-0.05, 0) is 12.8 Å². The fourth-order valence-corrected chi connectivity index (χ4v) is 2.42. The van der Waals surface area contributed by atoms with Crippen LogP contribution in [0.2, 0.25) is 0 Å². The lowest BCUT2D eigenvalue weighted by Crippen LogP contribution is -2.21. The Morgan fingerprint density at radius 3 is 2.04 bits per heavy atom. The zero-order chi connectivity index (χ0) is 20.0. The van der Waals surface area contributed by atoms with Crippen LogP contribution >= 0.6 is 0 Å². The predicted octanol–water partition coefficient (Wildman–Crippen LogP) is 5.03. The molecule has 0 aliphatic heterocycles. The summed E-state index contributed by atoms with van der Waals surface area (Å²) in [6, 6.07) is 0. The van der Waals surface area contributed by atoms with Crippen LogP contribution in [-0.4, -0.2) is 35.5 Å². The average molecular weight is 379 g/mol. The van der Waals surface area contributed by atoms with Crippen molar-refractivity contribution in [3.63, 3.8) is 0 Å². The minimum atomic E-state index is -1.02. The molecule has 4 nitrogen and oxygen atoms in total. The SMILES string of the molecule is CCCCCCCCCCC/C=C/C=C/C=C/C=C/C(=O)OCC(O)CO. The van der Waals surface area contributed by atoms with Crippen LogP contribution in [0, 0.1) is 0 Å². The molecule has 4 heteroatoms. The van der Waals surface area contributed by atoms with E-state index in [0.717, 1.165) is 6.42 Å². The molecule has 0 amide bonds. The summed E-state index contributed by atoms with van der Waals surface area (Å²) in [5.74, 6) is -0.544. The summed E-state index contributed by atoms with van der Waals surface area (Å²) in [5.41, 5.74) is 0. The number of hydrogen-bond donors (Lipinski definition) is 2. The first kappa shape index (κ1) is 25.4. The molecule has 0 saturated carbocycles. The largest absolute Gasteiger partial charge is 0.460 e. The molecule has 0 saturated heterocycles. The first-order valence-electron chi connectivity index (χ1n) is 10.3. The predicted molar refractivity (Wildman–Crippen MR) is 112 cm³/mol. The first-order valence-corrected chi connectivity index (χ1v) is 10.3. The van der Waals surface area contributed by atoms with Crippen LogP contribution in [-0.2, 0) is 9.53 Å². The monoisotopic (exact) mass is 378 g/mol. The molecular formula is C23H38O4. The third-order valence-corrected chi connectivity index (χ3v) is 4.03. The lowest BCUT2D eigenvalue weighted by molar-refractivity contribution is -0.141. The van der Waals surface area contributed by atoms with E-state index in [4.69, 9.17) is 14.9 Å². The molecule has 0 spiro atoms. The van der Waals surface area contributed by atoms with Crippen LogP contribution in [0.3, 0.4) is 0 Å². The van der Waals surface area contributed by atoms with Gasteiger partial charge in [-0.1, -0.05) is 101 Å². The highest BCUT2D eigenvalue weighted by molar-refractivity contribution is 5.82. The molecule has 0 aromatic rings. The summed E-state index contributed by atoms with van der Waals surface area (Å²) >= 11 is 0. The van der Waals surface area contributed by atoms with Gasteiger partial charge in [0.1, 0.15) is 12.7 Å². The summed E-state index contributed by atoms with van der Waals surface area (Å²) in [6.45, 7) is 1.63. The Kier molecular flexibility index (Phi) is 19.4. The van der Waals surface area contributed by atoms with Crippen molar-refractivity contribution < 1.29 is 19.7 Å². The van der Waals surface area contributed by atoms with Gasteiger partial charge < -0.3 is 14.9 Å². The Bertz CT molecular complexity index is 449. The van der Waals surface area contributed by atoms with Crippen molar-refractivity contribution in [1.29, 1.82) is 0 Å². The highest BCUT2D eigenvalue weighted by Crippen LogP contribution is 2.10. The van der Waals surface area contributed by atoms with Gasteiger partial charge in [-0.3, -0.25) is 0 Å². The van der Waals surface area contributed by atoms with Crippen molar-refractivity contribution >= 4 is 5.97 Å². The van der Waals surface area contributed by atoms with Crippen LogP contribution < -0.4 is 0 Å². The fraction of sp³-hybridized carbons (Fsp3) is 0.609. The molecular weight excluding hydrogens is 340 g/mol. The normalized spacial score (nSPS) is 13.4. The number of unbranched alkanes of at least 4 members (excludes halogenated alkanes) is 9. The molecule has 1 unspecified atom stereocenters. The van der Waals surface area contributed by atoms with E-state index in [0.29, 0.717) is 0 Å². The molecule has 0 aliphatic rings. The molecule has 0 heterocycles. The van der Waals surface area contributed by atoms with Gasteiger partial charge in [0.05, 0.1) is 6.61 Å². The maximum absolute atomic E-state index is 11.3. The molecule has 0 fully saturated rings. The standard InChI is InChI=1S/C23H38O4/c1-2-3-4-5-6-7-8-9-10-11-12-13-14-15-16-17-18-19-23(26)27-21-22(25)20-24/h12-19,22,24-25H,2-11,20-21H2,1H3/b13-12+,15-14+,17-16+,19-18+. The number of aliphatic hydroxyl groups is 2. The van der Waals surface area contributed by atoms with Crippen LogP contribution in [0.15, 0.2) is 48.6 Å². The first-order chi connectivity index (χ1) is 13.2. The van der Waals surface area contributed by atoms with E-state index in [1.807, 2.05) is 24.3 Å². The zero-order valence-corrected chi connectivity index (χ0v) is 16.9. The average Bonchev–Trinajstić information content (AvgIpc) is 2.68. The molecule has 154 valence electrons. The highest BCUT2D eigenvalue weighted by atomic mass is 16.5. The van der Waals surface area contributed by atoms with Crippen molar-refractivity contribution in [1.82, 2.24) is 0 Å². The van der Waals surface area contributed by atoms with Gasteiger partial charge in [-0.2, -0.15) is 0 Å². The van der Waals surface area contributed by atoms with E-state index >= 15 is 0 Å². The van der Waals surface area contributed by atoms with E-state index < -0.39 is 18.7 Å². The van der Waals surface area contributed by atoms with Gasteiger partial charge in [0, 0.05) is 6.08 Å². The van der Waals surface area contributed by atoms with Crippen LogP contribution in [0.1, 0.15) is 71.1 Å². The van der Waals surface area contributed by atoms with Crippen LogP contribution in [0.5, 0.6) is 0 Å². The molecule has 0 aromatic heterocycles. The van der Waals surface area contributed by atoms with Crippen molar-refractivity contribution in [2.45, 2.75) is 77.2 Å². The number of carbonyl (C=O) groups is 1. The lowest BCUT2D eigenvalue weighted by Gasteiger charge is -2.05. The maximum atomic E-state index is 11.3. The molecule has 1 atom stereocenters. The number of rotatable bonds is 17. The summed E-state index contributed by atoms with van der Waals surface area (Å²) in [5, 5.41) is 17.6. The Hall–Kier alpha value is -1.65. The van der Waals surface area contributed by atoms with Gasteiger partial charge in [0.15, 0.2) is 0 Å². The summed E-state index contributed by atoms with van der Waals surface area (Å²) in [6.07, 6.45) is 26.8. The summed E-state index contributed by atoms with van der Waals surface area (Å²) in [7, 11) is 0. The van der Waals surface area contributed by atoms with Gasteiger partial charge in [-0.25, -0.2) is 4.79 Å². The van der Waals surface area contributed by atoms with E-state index in [1.165, 1.54) is 63.9 Å². The van der Waals surface area contributed by atoms with Gasteiger partial charge in [0.25, 0.3) is 0 Å². The van der Waals surface area contributed by atoms with Crippen LogP contribution in [0.4, 0.5) is 0 Å². The molecule has 0 aliphatic carbocycles. The number of esters is 1. The Balaban J connectivity index is 3.55. The second kappa shape index (κ2) is 20.7. The zero-order valence-electron chi connectivity index (χ0n) is 16.9. The number of hydrogen-bond acceptors (Lipinski definition) is 4. The summed E-state index contributed by atoms with van der Waals surface area (Å²) in [4.78, 5) is 11.3. The molecule has 2 N–H and O–H groups in total. The Morgan fingerprint density at radius 1 is 0.852 bits per heavy atom. The molecule has 0 rings (SSSR count). The smallest absolute Gasteiger partial charge is 0.330 e. The van der Waals surface area contributed by atoms with E-state index in [1.54, 1.807) is 12.2 Å². The minimum absolute atomic E-state index is 0.201. The van der Waals surface area contributed by atoms with E-state index in [-0.39, 0.29) is 6.61 Å². The molecule has 0 bridgehead atoms. The van der Waals surface area contributed by atoms with Crippen molar-refractivity contribution in [3.05, 3.63) is 48.6 Å². The fourth-order valence-electron chi connectivity index (χ4n) is 2.42. The third kappa shape index (κ3) is 20.5. The van der Waals surface area contributed by atoms with E-state index in [9.17, 15) is 4.79 Å². The second-order valence-corrected chi connectivity index (χ2v) is 6.64. The second-order valence-electron chi connectivity index (χ2n) is 6.64. The third-order valence-electron chi connectivity index (χ3n) is 4.03. The number of allylic oxidation sites excluding steroid dienone is 7. The quantitative estimate of drug-likeness (QED) is 0.161. The van der Waals surface area contributed by atoms with E-state index in [2.05, 4.69) is 13.0 Å². The lowest BCUT2D eigenvalue weighted by atomic mass is 10.1. The van der Waals surface area contributed by atoms with Crippen LogP contribution in [0.25, 0.3) is 0 Å². The van der Waals surface area contributed by atoms with Gasteiger partial charge >= 0.3 is 5.97 Å². The Labute approximate surface area is 165 Å². The van der Waals surface area contributed by atoms with Gasteiger partial charge in [-0.15, -0.1) is 0 Å².